The van der Waals surface area contributed by atoms with Crippen molar-refractivity contribution in [3.05, 3.63) is 0 Å². The third kappa shape index (κ3) is 5.07. The van der Waals surface area contributed by atoms with E-state index < -0.39 is 0 Å². The van der Waals surface area contributed by atoms with Crippen LogP contribution in [0.3, 0.4) is 0 Å². The Labute approximate surface area is 120 Å². The van der Waals surface area contributed by atoms with Gasteiger partial charge in [0.2, 0.25) is 0 Å². The van der Waals surface area contributed by atoms with Crippen LogP contribution in [0, 0.1) is 5.92 Å². The van der Waals surface area contributed by atoms with Gasteiger partial charge in [-0.3, -0.25) is 4.90 Å². The molecule has 2 heteroatoms. The summed E-state index contributed by atoms with van der Waals surface area (Å²) in [5, 5.41) is 3.75. The lowest BCUT2D eigenvalue weighted by Crippen LogP contribution is -2.46. The van der Waals surface area contributed by atoms with Gasteiger partial charge in [0.15, 0.2) is 0 Å². The second kappa shape index (κ2) is 7.64. The summed E-state index contributed by atoms with van der Waals surface area (Å²) in [5.74, 6) is 0.846. The van der Waals surface area contributed by atoms with E-state index in [1.54, 1.807) is 0 Å². The molecular formula is C17H34N2. The molecule has 2 nitrogen and oxygen atoms in total. The fourth-order valence-corrected chi connectivity index (χ4v) is 3.48. The maximum atomic E-state index is 3.75. The first kappa shape index (κ1) is 15.3. The number of nitrogens with one attached hydrogen (secondary N) is 1. The van der Waals surface area contributed by atoms with Crippen LogP contribution in [0.15, 0.2) is 0 Å². The van der Waals surface area contributed by atoms with Gasteiger partial charge < -0.3 is 5.32 Å². The van der Waals surface area contributed by atoms with Crippen LogP contribution in [0.1, 0.15) is 72.1 Å². The standard InChI is InChI=1S/C17H34N2/c1-4-11-18-15-6-5-7-17(13-15)19(16-8-9-16)12-10-14(2)3/h14-18H,4-13H2,1-3H3. The Kier molecular flexibility index (Phi) is 6.15. The summed E-state index contributed by atoms with van der Waals surface area (Å²) in [5.41, 5.74) is 0. The van der Waals surface area contributed by atoms with Gasteiger partial charge in [0.05, 0.1) is 0 Å². The third-order valence-electron chi connectivity index (χ3n) is 4.78. The molecule has 2 unspecified atom stereocenters. The largest absolute Gasteiger partial charge is 0.314 e. The van der Waals surface area contributed by atoms with Crippen molar-refractivity contribution in [1.82, 2.24) is 10.2 Å². The summed E-state index contributed by atoms with van der Waals surface area (Å²) >= 11 is 0. The lowest BCUT2D eigenvalue weighted by Gasteiger charge is -2.38. The van der Waals surface area contributed by atoms with E-state index in [0.717, 1.165) is 24.0 Å². The van der Waals surface area contributed by atoms with Gasteiger partial charge in [-0.25, -0.2) is 0 Å². The molecule has 112 valence electrons. The van der Waals surface area contributed by atoms with Gasteiger partial charge in [0.25, 0.3) is 0 Å². The van der Waals surface area contributed by atoms with Crippen molar-refractivity contribution in [2.45, 2.75) is 90.3 Å². The van der Waals surface area contributed by atoms with Gasteiger partial charge in [-0.1, -0.05) is 27.2 Å². The number of hydrogen-bond donors (Lipinski definition) is 1. The molecule has 0 aliphatic heterocycles. The van der Waals surface area contributed by atoms with E-state index in [4.69, 9.17) is 0 Å². The first-order chi connectivity index (χ1) is 9.20. The number of nitrogens with zero attached hydrogens (tertiary/aromatic N) is 1. The Hall–Kier alpha value is -0.0800. The highest BCUT2D eigenvalue weighted by Gasteiger charge is 2.35. The van der Waals surface area contributed by atoms with Crippen molar-refractivity contribution >= 4 is 0 Å². The van der Waals surface area contributed by atoms with E-state index in [1.165, 1.54) is 64.5 Å². The van der Waals surface area contributed by atoms with E-state index >= 15 is 0 Å². The molecule has 2 aliphatic carbocycles. The normalized spacial score (nSPS) is 28.3. The molecule has 2 aliphatic rings. The van der Waals surface area contributed by atoms with E-state index in [1.807, 2.05) is 0 Å². The molecule has 19 heavy (non-hydrogen) atoms. The van der Waals surface area contributed by atoms with E-state index in [0.29, 0.717) is 0 Å². The minimum absolute atomic E-state index is 0.791. The summed E-state index contributed by atoms with van der Waals surface area (Å²) in [6.07, 6.45) is 11.2. The molecule has 1 N–H and O–H groups in total. The second-order valence-corrected chi connectivity index (χ2v) is 7.12. The Morgan fingerprint density at radius 3 is 2.53 bits per heavy atom. The van der Waals surface area contributed by atoms with Crippen molar-refractivity contribution < 1.29 is 0 Å². The van der Waals surface area contributed by atoms with Gasteiger partial charge in [-0.15, -0.1) is 0 Å². The van der Waals surface area contributed by atoms with Crippen LogP contribution in [-0.2, 0) is 0 Å². The molecule has 2 atom stereocenters. The highest BCUT2D eigenvalue weighted by atomic mass is 15.2. The van der Waals surface area contributed by atoms with Crippen LogP contribution in [-0.4, -0.2) is 36.1 Å². The van der Waals surface area contributed by atoms with Crippen LogP contribution in [0.25, 0.3) is 0 Å². The van der Waals surface area contributed by atoms with Crippen molar-refractivity contribution in [2.75, 3.05) is 13.1 Å². The number of hydrogen-bond acceptors (Lipinski definition) is 2. The molecule has 0 spiro atoms. The van der Waals surface area contributed by atoms with Gasteiger partial charge in [-0.05, 0) is 64.0 Å². The topological polar surface area (TPSA) is 15.3 Å². The molecule has 0 aromatic heterocycles. The molecule has 2 rings (SSSR count). The Bertz CT molecular complexity index is 248. The zero-order chi connectivity index (χ0) is 13.7. The fraction of sp³-hybridized carbons (Fsp3) is 1.00. The molecule has 0 radical (unpaired) electrons. The Morgan fingerprint density at radius 2 is 1.89 bits per heavy atom. The Morgan fingerprint density at radius 1 is 1.11 bits per heavy atom. The molecule has 2 saturated carbocycles. The molecule has 0 aromatic rings. The summed E-state index contributed by atoms with van der Waals surface area (Å²) in [6, 6.07) is 2.60. The molecule has 2 fully saturated rings. The maximum absolute atomic E-state index is 3.75. The highest BCUT2D eigenvalue weighted by Crippen LogP contribution is 2.34. The van der Waals surface area contributed by atoms with Crippen LogP contribution in [0.2, 0.25) is 0 Å². The van der Waals surface area contributed by atoms with Crippen molar-refractivity contribution in [3.63, 3.8) is 0 Å². The lowest BCUT2D eigenvalue weighted by molar-refractivity contribution is 0.125. The van der Waals surface area contributed by atoms with E-state index in [9.17, 15) is 0 Å². The van der Waals surface area contributed by atoms with E-state index in [-0.39, 0.29) is 0 Å². The molecule has 0 saturated heterocycles. The predicted octanol–water partition coefficient (Wildman–Crippen LogP) is 3.81. The summed E-state index contributed by atoms with van der Waals surface area (Å²) in [6.45, 7) is 9.53. The van der Waals surface area contributed by atoms with Gasteiger partial charge >= 0.3 is 0 Å². The Balaban J connectivity index is 1.82. The van der Waals surface area contributed by atoms with Crippen molar-refractivity contribution in [3.8, 4) is 0 Å². The summed E-state index contributed by atoms with van der Waals surface area (Å²) < 4.78 is 0. The number of rotatable bonds is 8. The molecule has 0 amide bonds. The first-order valence-corrected chi connectivity index (χ1v) is 8.69. The average molecular weight is 266 g/mol. The monoisotopic (exact) mass is 266 g/mol. The zero-order valence-electron chi connectivity index (χ0n) is 13.3. The predicted molar refractivity (Wildman–Crippen MR) is 83.5 cm³/mol. The van der Waals surface area contributed by atoms with Crippen LogP contribution in [0.4, 0.5) is 0 Å². The fourth-order valence-electron chi connectivity index (χ4n) is 3.48. The summed E-state index contributed by atoms with van der Waals surface area (Å²) in [7, 11) is 0. The molecule has 0 bridgehead atoms. The van der Waals surface area contributed by atoms with Crippen LogP contribution in [0.5, 0.6) is 0 Å². The minimum Gasteiger partial charge on any atom is -0.314 e. The smallest absolute Gasteiger partial charge is 0.0113 e. The minimum atomic E-state index is 0.791. The lowest BCUT2D eigenvalue weighted by atomic mass is 9.89. The summed E-state index contributed by atoms with van der Waals surface area (Å²) in [4.78, 5) is 2.87. The highest BCUT2D eigenvalue weighted by molar-refractivity contribution is 4.92. The molecular weight excluding hydrogens is 232 g/mol. The second-order valence-electron chi connectivity index (χ2n) is 7.12. The van der Waals surface area contributed by atoms with Crippen molar-refractivity contribution in [1.29, 1.82) is 0 Å². The van der Waals surface area contributed by atoms with Crippen LogP contribution < -0.4 is 5.32 Å². The zero-order valence-corrected chi connectivity index (χ0v) is 13.3. The maximum Gasteiger partial charge on any atom is 0.0113 e. The van der Waals surface area contributed by atoms with Crippen LogP contribution >= 0.6 is 0 Å². The van der Waals surface area contributed by atoms with Crippen molar-refractivity contribution in [2.24, 2.45) is 5.92 Å². The SMILES string of the molecule is CCCNC1CCCC(N(CCC(C)C)C2CC2)C1. The molecule has 0 aromatic carbocycles. The van der Waals surface area contributed by atoms with Gasteiger partial charge in [0.1, 0.15) is 0 Å². The van der Waals surface area contributed by atoms with Gasteiger partial charge in [-0.2, -0.15) is 0 Å². The van der Waals surface area contributed by atoms with E-state index in [2.05, 4.69) is 31.0 Å². The molecule has 0 heterocycles. The first-order valence-electron chi connectivity index (χ1n) is 8.69. The third-order valence-corrected chi connectivity index (χ3v) is 4.78. The quantitative estimate of drug-likeness (QED) is 0.719. The van der Waals surface area contributed by atoms with Gasteiger partial charge in [0, 0.05) is 18.1 Å². The average Bonchev–Trinajstić information content (AvgIpc) is 3.21.